The van der Waals surface area contributed by atoms with Gasteiger partial charge in [0.15, 0.2) is 0 Å². The molecule has 2 nitrogen and oxygen atoms in total. The Bertz CT molecular complexity index is 25.9. The lowest BCUT2D eigenvalue weighted by atomic mass is 15.9. The van der Waals surface area contributed by atoms with Crippen LogP contribution in [0.3, 0.4) is 0 Å². The molecule has 0 bridgehead atoms. The Labute approximate surface area is 40.9 Å². The highest BCUT2D eigenvalue weighted by molar-refractivity contribution is 5.94. The molecule has 0 unspecified atom stereocenters. The van der Waals surface area contributed by atoms with Crippen LogP contribution in [0.25, 0.3) is 0 Å². The summed E-state index contributed by atoms with van der Waals surface area (Å²) in [5, 5.41) is 0. The minimum Gasteiger partial charge on any atom is -0.274 e. The van der Waals surface area contributed by atoms with Gasteiger partial charge in [-0.05, 0) is 0 Å². The molecule has 0 aromatic carbocycles. The second kappa shape index (κ2) is 28.7. The summed E-state index contributed by atoms with van der Waals surface area (Å²) in [6, 6.07) is 0. The molecular weight excluding hydrogens is 116 g/mol. The Morgan fingerprint density at radius 1 is 1.00 bits per heavy atom. The molecule has 0 saturated heterocycles. The lowest BCUT2D eigenvalue weighted by Gasteiger charge is -0.944. The molecule has 0 N–H and O–H groups in total. The predicted molar refractivity (Wildman–Crippen MR) is 18.6 cm³/mol. The zero-order valence-electron chi connectivity index (χ0n) is 2.32. The fourth-order valence-corrected chi connectivity index (χ4v) is 0. The summed E-state index contributed by atoms with van der Waals surface area (Å²) in [7, 11) is -1.42. The first-order valence-electron chi connectivity index (χ1n) is 0.408. The van der Waals surface area contributed by atoms with Gasteiger partial charge in [-0.25, -0.2) is 0 Å². The number of hydrogen-bond acceptors (Lipinski definition) is 2. The maximum Gasteiger partial charge on any atom is 0.549 e. The Morgan fingerprint density at radius 3 is 1.00 bits per heavy atom. The summed E-state index contributed by atoms with van der Waals surface area (Å²) in [6.45, 7) is 0. The van der Waals surface area contributed by atoms with E-state index in [1.165, 1.54) is 0 Å². The Kier molecular flexibility index (Phi) is 108. The van der Waals surface area contributed by atoms with Crippen LogP contribution in [-0.4, -0.2) is 31.2 Å². The van der Waals surface area contributed by atoms with Crippen LogP contribution in [0.2, 0.25) is 0 Å². The monoisotopic (exact) mass is 116 g/mol. The van der Waals surface area contributed by atoms with E-state index in [4.69, 9.17) is 8.92 Å². The van der Waals surface area contributed by atoms with Crippen molar-refractivity contribution in [3.8, 4) is 0 Å². The van der Waals surface area contributed by atoms with Crippen LogP contribution < -0.4 is 0 Å². The lowest BCUT2D eigenvalue weighted by Crippen LogP contribution is -1.26. The first-order chi connectivity index (χ1) is 1.41. The minimum atomic E-state index is -1.42. The van der Waals surface area contributed by atoms with Gasteiger partial charge in [0.1, 0.15) is 0 Å². The van der Waals surface area contributed by atoms with Gasteiger partial charge in [0, 0.05) is 21.9 Å². The molecule has 0 heterocycles. The molecule has 0 fully saturated rings. The van der Waals surface area contributed by atoms with Gasteiger partial charge in [-0.2, -0.15) is 0 Å². The van der Waals surface area contributed by atoms with Crippen LogP contribution in [0.5, 0.6) is 0 Å². The van der Waals surface area contributed by atoms with Crippen LogP contribution in [0.4, 0.5) is 0 Å². The van der Waals surface area contributed by atoms with Gasteiger partial charge in [-0.15, -0.1) is 0 Å². The van der Waals surface area contributed by atoms with Crippen LogP contribution in [-0.2, 0) is 8.92 Å². The van der Waals surface area contributed by atoms with Crippen molar-refractivity contribution in [2.45, 2.75) is 0 Å². The van der Waals surface area contributed by atoms with E-state index in [0.717, 1.165) is 0 Å². The quantitative estimate of drug-likeness (QED) is 0.366. The van der Waals surface area contributed by atoms with Crippen LogP contribution in [0.15, 0.2) is 0 Å². The molecule has 0 aromatic heterocycles. The number of rotatable bonds is 0. The third-order valence-electron chi connectivity index (χ3n) is 0. The Morgan fingerprint density at radius 2 is 1.00 bits per heavy atom. The van der Waals surface area contributed by atoms with E-state index in [9.17, 15) is 0 Å². The van der Waals surface area contributed by atoms with Crippen molar-refractivity contribution >= 4 is 31.2 Å². The van der Waals surface area contributed by atoms with Crippen LogP contribution in [0.1, 0.15) is 0 Å². The molecule has 0 saturated carbocycles. The summed E-state index contributed by atoms with van der Waals surface area (Å²) < 4.78 is 16.8. The molecule has 0 aromatic rings. The van der Waals surface area contributed by atoms with E-state index in [1.807, 2.05) is 0 Å². The first kappa shape index (κ1) is 18.7. The van der Waals surface area contributed by atoms with E-state index >= 15 is 0 Å². The highest BCUT2D eigenvalue weighted by atomic mass is 28.2. The predicted octanol–water partition coefficient (Wildman–Crippen LogP) is -1.38. The largest absolute Gasteiger partial charge is 0.549 e. The summed E-state index contributed by atoms with van der Waals surface area (Å²) in [6.07, 6.45) is 0. The second-order valence-electron chi connectivity index (χ2n) is 0.0833. The van der Waals surface area contributed by atoms with Crippen LogP contribution in [0, 0.1) is 0 Å². The van der Waals surface area contributed by atoms with Gasteiger partial charge < -0.3 is 0 Å². The van der Waals surface area contributed by atoms with Crippen molar-refractivity contribution in [3.05, 3.63) is 0 Å². The summed E-state index contributed by atoms with van der Waals surface area (Å²) in [5.74, 6) is 0. The maximum atomic E-state index is 8.40. The standard InChI is InChI=1S/O2Si.2Si/c1-3-2;;. The Hall–Kier alpha value is 0.251. The molecular formula is O2Si3. The SMILES string of the molecule is O=[Si]=O.[Si].[Si]. The normalized spacial score (nSPS) is 1.60. The van der Waals surface area contributed by atoms with E-state index < -0.39 is 9.29 Å². The summed E-state index contributed by atoms with van der Waals surface area (Å²) in [5.41, 5.74) is 0. The molecule has 0 aliphatic heterocycles. The molecule has 24 valence electrons. The Balaban J connectivity index is -0.0000000200. The van der Waals surface area contributed by atoms with Crippen molar-refractivity contribution in [1.29, 1.82) is 0 Å². The zero-order chi connectivity index (χ0) is 2.71. The van der Waals surface area contributed by atoms with Gasteiger partial charge in [0.2, 0.25) is 0 Å². The van der Waals surface area contributed by atoms with Crippen molar-refractivity contribution in [3.63, 3.8) is 0 Å². The highest BCUT2D eigenvalue weighted by Crippen LogP contribution is 0.759. The molecule has 0 spiro atoms. The summed E-state index contributed by atoms with van der Waals surface area (Å²) >= 11 is 0. The summed E-state index contributed by atoms with van der Waals surface area (Å²) in [4.78, 5) is 0. The van der Waals surface area contributed by atoms with E-state index in [1.54, 1.807) is 0 Å². The number of hydrogen-bond donors (Lipinski definition) is 0. The van der Waals surface area contributed by atoms with Crippen molar-refractivity contribution in [2.75, 3.05) is 0 Å². The third kappa shape index (κ3) is 343. The fourth-order valence-electron chi connectivity index (χ4n) is 0. The smallest absolute Gasteiger partial charge is 0.274 e. The topological polar surface area (TPSA) is 34.1 Å². The van der Waals surface area contributed by atoms with Gasteiger partial charge >= 0.3 is 9.29 Å². The average Bonchev–Trinajstić information content (AvgIpc) is 0.918. The van der Waals surface area contributed by atoms with E-state index in [-0.39, 0.29) is 21.9 Å². The highest BCUT2D eigenvalue weighted by Gasteiger charge is 1.22. The average molecular weight is 116 g/mol. The van der Waals surface area contributed by atoms with E-state index in [0.29, 0.717) is 0 Å². The molecule has 0 atom stereocenters. The van der Waals surface area contributed by atoms with Gasteiger partial charge in [0.05, 0.1) is 0 Å². The minimum absolute atomic E-state index is 0. The molecule has 0 rings (SSSR count). The molecule has 5 heavy (non-hydrogen) atoms. The second-order valence-corrected chi connectivity index (χ2v) is 0.250. The van der Waals surface area contributed by atoms with Gasteiger partial charge in [0.25, 0.3) is 0 Å². The lowest BCUT2D eigenvalue weighted by molar-refractivity contribution is 0.497. The third-order valence-corrected chi connectivity index (χ3v) is 0. The zero-order valence-corrected chi connectivity index (χ0v) is 5.32. The molecule has 8 radical (unpaired) electrons. The van der Waals surface area contributed by atoms with E-state index in [2.05, 4.69) is 0 Å². The van der Waals surface area contributed by atoms with Crippen LogP contribution >= 0.6 is 0 Å². The fraction of sp³-hybridized carbons (Fsp3) is 0. The molecule has 5 heteroatoms. The maximum absolute atomic E-state index is 8.40. The van der Waals surface area contributed by atoms with Gasteiger partial charge in [-0.3, -0.25) is 8.92 Å². The van der Waals surface area contributed by atoms with Crippen molar-refractivity contribution < 1.29 is 8.92 Å². The first-order valence-corrected chi connectivity index (χ1v) is 1.22. The molecule has 0 aliphatic rings. The molecule has 0 aliphatic carbocycles. The van der Waals surface area contributed by atoms with Crippen molar-refractivity contribution in [2.24, 2.45) is 0 Å². The van der Waals surface area contributed by atoms with Gasteiger partial charge in [-0.1, -0.05) is 0 Å². The molecule has 0 amide bonds. The van der Waals surface area contributed by atoms with Crippen molar-refractivity contribution in [1.82, 2.24) is 0 Å².